The second-order valence-electron chi connectivity index (χ2n) is 4.75. The lowest BCUT2D eigenvalue weighted by atomic mass is 10.2. The molecule has 0 aromatic heterocycles. The number of nitrogens with one attached hydrogen (secondary N) is 1. The molecule has 4 heteroatoms. The molecule has 0 spiro atoms. The number of allylic oxidation sites excluding steroid dienone is 2. The molecule has 0 saturated carbocycles. The van der Waals surface area contributed by atoms with E-state index < -0.39 is 0 Å². The molecule has 0 fully saturated rings. The maximum atomic E-state index is 13.2. The molecule has 1 N–H and O–H groups in total. The zero-order valence-electron chi connectivity index (χ0n) is 11.7. The molecule has 0 unspecified atom stereocenters. The number of rotatable bonds is 3. The third-order valence-corrected chi connectivity index (χ3v) is 3.14. The van der Waals surface area contributed by atoms with Gasteiger partial charge in [0.25, 0.3) is 5.91 Å². The first-order valence-electron chi connectivity index (χ1n) is 6.82. The quantitative estimate of drug-likeness (QED) is 0.866. The van der Waals surface area contributed by atoms with E-state index in [2.05, 4.69) is 10.3 Å². The summed E-state index contributed by atoms with van der Waals surface area (Å²) in [6.45, 7) is 0. The number of carbonyl (C=O) groups is 1. The van der Waals surface area contributed by atoms with Gasteiger partial charge < -0.3 is 5.32 Å². The average molecular weight is 292 g/mol. The lowest BCUT2D eigenvalue weighted by molar-refractivity contribution is -0.115. The van der Waals surface area contributed by atoms with E-state index in [4.69, 9.17) is 0 Å². The van der Waals surface area contributed by atoms with Crippen LogP contribution in [0.2, 0.25) is 0 Å². The topological polar surface area (TPSA) is 41.5 Å². The number of amides is 1. The van der Waals surface area contributed by atoms with Gasteiger partial charge in [-0.15, -0.1) is 0 Å². The molecule has 0 atom stereocenters. The molecule has 2 aromatic carbocycles. The minimum absolute atomic E-state index is 0.294. The third kappa shape index (κ3) is 3.17. The second kappa shape index (κ2) is 6.18. The Morgan fingerprint density at radius 1 is 1.05 bits per heavy atom. The highest BCUT2D eigenvalue weighted by Crippen LogP contribution is 2.13. The van der Waals surface area contributed by atoms with Crippen LogP contribution in [0.3, 0.4) is 0 Å². The van der Waals surface area contributed by atoms with Gasteiger partial charge in [-0.05, 0) is 23.8 Å². The lowest BCUT2D eigenvalue weighted by Crippen LogP contribution is -2.24. The average Bonchev–Trinajstić information content (AvgIpc) is 2.90. The summed E-state index contributed by atoms with van der Waals surface area (Å²) < 4.78 is 13.2. The molecule has 3 rings (SSSR count). The van der Waals surface area contributed by atoms with Gasteiger partial charge >= 0.3 is 0 Å². The summed E-state index contributed by atoms with van der Waals surface area (Å²) in [4.78, 5) is 16.1. The van der Waals surface area contributed by atoms with E-state index >= 15 is 0 Å². The summed E-state index contributed by atoms with van der Waals surface area (Å²) in [5.74, 6) is -0.295. The lowest BCUT2D eigenvalue weighted by Gasteiger charge is -1.99. The summed E-state index contributed by atoms with van der Waals surface area (Å²) in [5, 5.41) is 2.64. The molecule has 108 valence electrons. The first kappa shape index (κ1) is 13.9. The predicted molar refractivity (Wildman–Crippen MR) is 84.6 cm³/mol. The van der Waals surface area contributed by atoms with Crippen molar-refractivity contribution in [3.05, 3.63) is 89.4 Å². The number of hydrogen-bond donors (Lipinski definition) is 1. The molecule has 2 aromatic rings. The van der Waals surface area contributed by atoms with Crippen LogP contribution in [-0.2, 0) is 4.79 Å². The molecule has 0 aliphatic carbocycles. The van der Waals surface area contributed by atoms with Gasteiger partial charge in [0.15, 0.2) is 0 Å². The first-order chi connectivity index (χ1) is 10.7. The van der Waals surface area contributed by atoms with Crippen molar-refractivity contribution < 1.29 is 9.18 Å². The highest BCUT2D eigenvalue weighted by Gasteiger charge is 2.20. The Balaban J connectivity index is 1.81. The molecular formula is C18H13FN2O. The highest BCUT2D eigenvalue weighted by molar-refractivity contribution is 6.18. The maximum Gasteiger partial charge on any atom is 0.275 e. The van der Waals surface area contributed by atoms with E-state index in [0.717, 1.165) is 5.56 Å². The number of benzene rings is 2. The fourth-order valence-electron chi connectivity index (χ4n) is 2.07. The van der Waals surface area contributed by atoms with Gasteiger partial charge in [0, 0.05) is 5.56 Å². The van der Waals surface area contributed by atoms with Crippen LogP contribution < -0.4 is 5.32 Å². The van der Waals surface area contributed by atoms with Crippen molar-refractivity contribution in [1.82, 2.24) is 5.32 Å². The molecule has 0 radical (unpaired) electrons. The molecule has 1 heterocycles. The monoisotopic (exact) mass is 292 g/mol. The van der Waals surface area contributed by atoms with Crippen LogP contribution in [0, 0.1) is 5.82 Å². The number of carbonyl (C=O) groups excluding carboxylic acids is 1. The Morgan fingerprint density at radius 3 is 2.64 bits per heavy atom. The third-order valence-electron chi connectivity index (χ3n) is 3.14. The molecule has 0 saturated heterocycles. The standard InChI is InChI=1S/C18H13FN2O/c19-15-10-5-9-14(12-15)17-20-16(18(22)21-17)11-4-8-13-6-2-1-3-7-13/h1-12H,(H,20,21,22)/b8-4+,16-11-. The Hall–Kier alpha value is -3.01. The molecule has 1 aliphatic rings. The van der Waals surface area contributed by atoms with Crippen molar-refractivity contribution >= 4 is 17.8 Å². The van der Waals surface area contributed by atoms with Gasteiger partial charge in [-0.2, -0.15) is 0 Å². The normalized spacial score (nSPS) is 16.1. The van der Waals surface area contributed by atoms with Gasteiger partial charge in [0.1, 0.15) is 17.3 Å². The molecule has 22 heavy (non-hydrogen) atoms. The number of halogens is 1. The van der Waals surface area contributed by atoms with E-state index in [1.165, 1.54) is 12.1 Å². The largest absolute Gasteiger partial charge is 0.305 e. The van der Waals surface area contributed by atoms with Crippen LogP contribution >= 0.6 is 0 Å². The van der Waals surface area contributed by atoms with Crippen molar-refractivity contribution in [1.29, 1.82) is 0 Å². The van der Waals surface area contributed by atoms with Gasteiger partial charge in [0.05, 0.1) is 0 Å². The van der Waals surface area contributed by atoms with Crippen LogP contribution in [0.1, 0.15) is 11.1 Å². The van der Waals surface area contributed by atoms with Gasteiger partial charge in [-0.3, -0.25) is 4.79 Å². The minimum atomic E-state index is -0.365. The van der Waals surface area contributed by atoms with Crippen LogP contribution in [0.5, 0.6) is 0 Å². The van der Waals surface area contributed by atoms with Crippen molar-refractivity contribution in [2.45, 2.75) is 0 Å². The predicted octanol–water partition coefficient (Wildman–Crippen LogP) is 3.30. The van der Waals surface area contributed by atoms with Crippen molar-refractivity contribution in [2.24, 2.45) is 4.99 Å². The van der Waals surface area contributed by atoms with Crippen LogP contribution in [0.15, 0.2) is 77.4 Å². The molecular weight excluding hydrogens is 279 g/mol. The van der Waals surface area contributed by atoms with E-state index in [1.54, 1.807) is 24.3 Å². The van der Waals surface area contributed by atoms with E-state index in [1.807, 2.05) is 36.4 Å². The van der Waals surface area contributed by atoms with Crippen molar-refractivity contribution in [2.75, 3.05) is 0 Å². The van der Waals surface area contributed by atoms with E-state index in [-0.39, 0.29) is 11.7 Å². The smallest absolute Gasteiger partial charge is 0.275 e. The van der Waals surface area contributed by atoms with Gasteiger partial charge in [-0.1, -0.05) is 54.6 Å². The molecule has 1 aliphatic heterocycles. The Labute approximate surface area is 127 Å². The Morgan fingerprint density at radius 2 is 1.86 bits per heavy atom. The van der Waals surface area contributed by atoms with Gasteiger partial charge in [0.2, 0.25) is 0 Å². The summed E-state index contributed by atoms with van der Waals surface area (Å²) >= 11 is 0. The van der Waals surface area contributed by atoms with E-state index in [9.17, 15) is 9.18 Å². The molecule has 0 bridgehead atoms. The highest BCUT2D eigenvalue weighted by atomic mass is 19.1. The van der Waals surface area contributed by atoms with Crippen LogP contribution in [0.4, 0.5) is 4.39 Å². The van der Waals surface area contributed by atoms with Crippen LogP contribution in [0.25, 0.3) is 6.08 Å². The first-order valence-corrected chi connectivity index (χ1v) is 6.82. The van der Waals surface area contributed by atoms with Crippen molar-refractivity contribution in [3.63, 3.8) is 0 Å². The summed E-state index contributed by atoms with van der Waals surface area (Å²) in [5.41, 5.74) is 1.88. The SMILES string of the molecule is O=C1NC(c2cccc(F)c2)=N/C1=C\C=C\c1ccccc1. The van der Waals surface area contributed by atoms with Gasteiger partial charge in [-0.25, -0.2) is 9.38 Å². The summed E-state index contributed by atoms with van der Waals surface area (Å²) in [7, 11) is 0. The molecule has 1 amide bonds. The maximum absolute atomic E-state index is 13.2. The van der Waals surface area contributed by atoms with E-state index in [0.29, 0.717) is 17.1 Å². The fraction of sp³-hybridized carbons (Fsp3) is 0. The Kier molecular flexibility index (Phi) is 3.92. The number of nitrogens with zero attached hydrogens (tertiary/aromatic N) is 1. The zero-order valence-corrected chi connectivity index (χ0v) is 11.7. The second-order valence-corrected chi connectivity index (χ2v) is 4.75. The zero-order chi connectivity index (χ0) is 15.4. The fourth-order valence-corrected chi connectivity index (χ4v) is 2.07. The number of hydrogen-bond acceptors (Lipinski definition) is 2. The van der Waals surface area contributed by atoms with Crippen LogP contribution in [-0.4, -0.2) is 11.7 Å². The van der Waals surface area contributed by atoms with Crippen molar-refractivity contribution in [3.8, 4) is 0 Å². The molecule has 3 nitrogen and oxygen atoms in total. The number of aliphatic imine (C=N–C) groups is 1. The minimum Gasteiger partial charge on any atom is -0.305 e. The number of amidine groups is 1. The summed E-state index contributed by atoms with van der Waals surface area (Å²) in [6.07, 6.45) is 5.28. The Bertz CT molecular complexity index is 792. The summed E-state index contributed by atoms with van der Waals surface area (Å²) in [6, 6.07) is 15.7.